The Labute approximate surface area is 118 Å². The molecule has 0 aliphatic carbocycles. The number of nitrogens with zero attached hydrogens (tertiary/aromatic N) is 2. The van der Waals surface area contributed by atoms with Crippen LogP contribution in [0.1, 0.15) is 17.7 Å². The summed E-state index contributed by atoms with van der Waals surface area (Å²) in [5, 5.41) is 6.16. The Morgan fingerprint density at radius 2 is 2.00 bits per heavy atom. The minimum Gasteiger partial charge on any atom is -0.370 e. The molecule has 0 unspecified atom stereocenters. The van der Waals surface area contributed by atoms with Crippen molar-refractivity contribution in [1.82, 2.24) is 9.97 Å². The van der Waals surface area contributed by atoms with Crippen LogP contribution in [0.3, 0.4) is 0 Å². The average molecular weight is 274 g/mol. The normalized spacial score (nSPS) is 10.3. The van der Waals surface area contributed by atoms with Crippen LogP contribution in [0.4, 0.5) is 16.2 Å². The van der Waals surface area contributed by atoms with Gasteiger partial charge in [0.25, 0.3) is 0 Å². The van der Waals surface area contributed by atoms with Crippen LogP contribution in [-0.2, 0) is 6.42 Å². The summed E-state index contributed by atoms with van der Waals surface area (Å²) in [7, 11) is 1.79. The molecular weight excluding hydrogens is 255 g/mol. The summed E-state index contributed by atoms with van der Waals surface area (Å²) in [4.78, 5) is 8.53. The molecule has 2 N–H and O–H groups in total. The van der Waals surface area contributed by atoms with Gasteiger partial charge in [-0.05, 0) is 31.4 Å². The van der Waals surface area contributed by atoms with Crippen LogP contribution in [0.2, 0.25) is 0 Å². The summed E-state index contributed by atoms with van der Waals surface area (Å²) < 4.78 is 13.4. The van der Waals surface area contributed by atoms with Gasteiger partial charge in [0.2, 0.25) is 5.95 Å². The second kappa shape index (κ2) is 6.84. The van der Waals surface area contributed by atoms with Gasteiger partial charge in [0.15, 0.2) is 0 Å². The van der Waals surface area contributed by atoms with Crippen molar-refractivity contribution in [3.8, 4) is 0 Å². The molecule has 1 aromatic carbocycles. The van der Waals surface area contributed by atoms with Crippen LogP contribution in [0.25, 0.3) is 0 Å². The van der Waals surface area contributed by atoms with Gasteiger partial charge in [0.1, 0.15) is 11.6 Å². The van der Waals surface area contributed by atoms with E-state index in [0.29, 0.717) is 12.4 Å². The van der Waals surface area contributed by atoms with Gasteiger partial charge in [-0.15, -0.1) is 0 Å². The van der Waals surface area contributed by atoms with Crippen LogP contribution in [0.5, 0.6) is 0 Å². The Kier molecular flexibility index (Phi) is 4.87. The Morgan fingerprint density at radius 1 is 1.20 bits per heavy atom. The minimum atomic E-state index is -0.136. The number of halogens is 1. The van der Waals surface area contributed by atoms with Crippen LogP contribution < -0.4 is 10.6 Å². The van der Waals surface area contributed by atoms with E-state index in [2.05, 4.69) is 20.6 Å². The molecule has 0 aliphatic heterocycles. The molecule has 1 aromatic heterocycles. The molecule has 4 nitrogen and oxygen atoms in total. The number of hydrogen-bond donors (Lipinski definition) is 2. The number of hydrogen-bond acceptors (Lipinski definition) is 4. The zero-order valence-electron chi connectivity index (χ0n) is 11.8. The summed E-state index contributed by atoms with van der Waals surface area (Å²) in [5.41, 5.74) is 1.66. The number of anilines is 2. The maximum atomic E-state index is 13.4. The number of rotatable bonds is 6. The summed E-state index contributed by atoms with van der Waals surface area (Å²) >= 11 is 0. The fraction of sp³-hybridized carbons (Fsp3) is 0.333. The van der Waals surface area contributed by atoms with Crippen molar-refractivity contribution >= 4 is 11.8 Å². The lowest BCUT2D eigenvalue weighted by Crippen LogP contribution is -2.07. The number of aryl methyl sites for hydroxylation is 2. The van der Waals surface area contributed by atoms with Crippen molar-refractivity contribution in [3.63, 3.8) is 0 Å². The van der Waals surface area contributed by atoms with Gasteiger partial charge < -0.3 is 10.6 Å². The summed E-state index contributed by atoms with van der Waals surface area (Å²) in [5.74, 6) is 1.25. The van der Waals surface area contributed by atoms with Gasteiger partial charge in [-0.3, -0.25) is 0 Å². The van der Waals surface area contributed by atoms with Crippen LogP contribution in [0, 0.1) is 12.7 Å². The van der Waals surface area contributed by atoms with Crippen LogP contribution >= 0.6 is 0 Å². The smallest absolute Gasteiger partial charge is 0.224 e. The molecule has 0 saturated heterocycles. The largest absolute Gasteiger partial charge is 0.370 e. The first-order valence-electron chi connectivity index (χ1n) is 6.70. The van der Waals surface area contributed by atoms with E-state index < -0.39 is 0 Å². The average Bonchev–Trinajstić information content (AvgIpc) is 2.44. The third-order valence-electron chi connectivity index (χ3n) is 2.96. The van der Waals surface area contributed by atoms with Gasteiger partial charge >= 0.3 is 0 Å². The molecule has 0 saturated carbocycles. The molecule has 0 fully saturated rings. The first-order chi connectivity index (χ1) is 9.69. The Bertz CT molecular complexity index is 572. The minimum absolute atomic E-state index is 0.136. The van der Waals surface area contributed by atoms with Crippen LogP contribution in [-0.4, -0.2) is 23.6 Å². The van der Waals surface area contributed by atoms with E-state index in [-0.39, 0.29) is 5.82 Å². The predicted molar refractivity (Wildman–Crippen MR) is 79.5 cm³/mol. The molecule has 0 radical (unpaired) electrons. The van der Waals surface area contributed by atoms with Crippen molar-refractivity contribution in [2.24, 2.45) is 0 Å². The Morgan fingerprint density at radius 3 is 2.75 bits per heavy atom. The van der Waals surface area contributed by atoms with E-state index in [1.54, 1.807) is 13.1 Å². The van der Waals surface area contributed by atoms with Crippen molar-refractivity contribution < 1.29 is 4.39 Å². The molecular formula is C15H19FN4. The summed E-state index contributed by atoms with van der Waals surface area (Å²) in [6.07, 6.45) is 1.56. The van der Waals surface area contributed by atoms with Crippen LogP contribution in [0.15, 0.2) is 30.3 Å². The second-order valence-corrected chi connectivity index (χ2v) is 4.59. The molecule has 5 heteroatoms. The number of nitrogens with one attached hydrogen (secondary N) is 2. The van der Waals surface area contributed by atoms with E-state index in [1.165, 1.54) is 6.07 Å². The highest BCUT2D eigenvalue weighted by Gasteiger charge is 2.02. The Hall–Kier alpha value is -2.17. The van der Waals surface area contributed by atoms with Crippen molar-refractivity contribution in [3.05, 3.63) is 47.4 Å². The third kappa shape index (κ3) is 3.91. The van der Waals surface area contributed by atoms with Gasteiger partial charge in [0, 0.05) is 25.4 Å². The van der Waals surface area contributed by atoms with E-state index in [1.807, 2.05) is 25.1 Å². The van der Waals surface area contributed by atoms with E-state index in [4.69, 9.17) is 0 Å². The molecule has 0 amide bonds. The van der Waals surface area contributed by atoms with Crippen molar-refractivity contribution in [2.45, 2.75) is 19.8 Å². The predicted octanol–water partition coefficient (Wildman–Crippen LogP) is 3.01. The topological polar surface area (TPSA) is 49.8 Å². The third-order valence-corrected chi connectivity index (χ3v) is 2.96. The molecule has 1 heterocycles. The maximum absolute atomic E-state index is 13.4. The highest BCUT2D eigenvalue weighted by atomic mass is 19.1. The van der Waals surface area contributed by atoms with Gasteiger partial charge in [0.05, 0.1) is 0 Å². The summed E-state index contributed by atoms with van der Waals surface area (Å²) in [6, 6.07) is 8.78. The van der Waals surface area contributed by atoms with Gasteiger partial charge in [-0.1, -0.05) is 18.2 Å². The zero-order valence-corrected chi connectivity index (χ0v) is 11.8. The van der Waals surface area contributed by atoms with E-state index >= 15 is 0 Å². The SMILES string of the molecule is CNc1nc(C)cc(NCCCc2ccccc2F)n1. The molecule has 0 spiro atoms. The number of aromatic nitrogens is 2. The quantitative estimate of drug-likeness (QED) is 0.795. The molecule has 2 aromatic rings. The lowest BCUT2D eigenvalue weighted by atomic mass is 10.1. The van der Waals surface area contributed by atoms with Gasteiger partial charge in [-0.2, -0.15) is 4.98 Å². The fourth-order valence-corrected chi connectivity index (χ4v) is 1.97. The molecule has 0 aliphatic rings. The van der Waals surface area contributed by atoms with Crippen molar-refractivity contribution in [1.29, 1.82) is 0 Å². The van der Waals surface area contributed by atoms with Crippen molar-refractivity contribution in [2.75, 3.05) is 24.2 Å². The highest BCUT2D eigenvalue weighted by molar-refractivity contribution is 5.41. The lowest BCUT2D eigenvalue weighted by Gasteiger charge is -2.08. The monoisotopic (exact) mass is 274 g/mol. The summed E-state index contributed by atoms with van der Waals surface area (Å²) in [6.45, 7) is 2.67. The molecule has 106 valence electrons. The molecule has 20 heavy (non-hydrogen) atoms. The molecule has 0 atom stereocenters. The first-order valence-corrected chi connectivity index (χ1v) is 6.70. The van der Waals surface area contributed by atoms with E-state index in [0.717, 1.165) is 30.0 Å². The maximum Gasteiger partial charge on any atom is 0.224 e. The molecule has 2 rings (SSSR count). The standard InChI is InChI=1S/C15H19FN4/c1-11-10-14(20-15(17-2)19-11)18-9-5-7-12-6-3-4-8-13(12)16/h3-4,6,8,10H,5,7,9H2,1-2H3,(H2,17,18,19,20). The number of benzene rings is 1. The molecule has 0 bridgehead atoms. The van der Waals surface area contributed by atoms with Gasteiger partial charge in [-0.25, -0.2) is 9.37 Å². The Balaban J connectivity index is 1.84. The van der Waals surface area contributed by atoms with E-state index in [9.17, 15) is 4.39 Å². The zero-order chi connectivity index (χ0) is 14.4. The second-order valence-electron chi connectivity index (χ2n) is 4.59. The fourth-order valence-electron chi connectivity index (χ4n) is 1.97. The first kappa shape index (κ1) is 14.2. The highest BCUT2D eigenvalue weighted by Crippen LogP contribution is 2.11. The lowest BCUT2D eigenvalue weighted by molar-refractivity contribution is 0.606.